The summed E-state index contributed by atoms with van der Waals surface area (Å²) in [5.74, 6) is -4.90. The molecule has 0 aliphatic carbocycles. The van der Waals surface area contributed by atoms with E-state index in [9.17, 15) is 27.1 Å². The van der Waals surface area contributed by atoms with Gasteiger partial charge in [-0.3, -0.25) is 0 Å². The average Bonchev–Trinajstić information content (AvgIpc) is 2.92. The Hall–Kier alpha value is -2.55. The van der Waals surface area contributed by atoms with Gasteiger partial charge in [0.25, 0.3) is 0 Å². The van der Waals surface area contributed by atoms with E-state index in [0.29, 0.717) is 5.56 Å². The summed E-state index contributed by atoms with van der Waals surface area (Å²) in [7, 11) is 0. The molecule has 1 aliphatic rings. The van der Waals surface area contributed by atoms with E-state index in [4.69, 9.17) is 0 Å². The fourth-order valence-electron chi connectivity index (χ4n) is 2.19. The van der Waals surface area contributed by atoms with Crippen LogP contribution in [0.5, 0.6) is 0 Å². The number of benzene rings is 1. The highest BCUT2D eigenvalue weighted by Gasteiger charge is 2.60. The number of hydrogen-bond acceptors (Lipinski definition) is 4. The first-order valence-electron chi connectivity index (χ1n) is 6.66. The topological polar surface area (TPSA) is 54.7 Å². The van der Waals surface area contributed by atoms with Crippen molar-refractivity contribution >= 4 is 5.71 Å². The van der Waals surface area contributed by atoms with Crippen molar-refractivity contribution in [3.05, 3.63) is 53.9 Å². The molecule has 2 aromatic rings. The molecular weight excluding hydrogens is 335 g/mol. The van der Waals surface area contributed by atoms with E-state index in [2.05, 4.69) is 15.0 Å². The maximum Gasteiger partial charge on any atom is 0.458 e. The lowest BCUT2D eigenvalue weighted by atomic mass is 9.99. The molecule has 1 aliphatic heterocycles. The predicted molar refractivity (Wildman–Crippen MR) is 72.8 cm³/mol. The van der Waals surface area contributed by atoms with Crippen molar-refractivity contribution in [3.8, 4) is 11.1 Å². The number of halogens is 5. The summed E-state index contributed by atoms with van der Waals surface area (Å²) in [4.78, 5) is 7.49. The van der Waals surface area contributed by atoms with E-state index in [0.717, 1.165) is 18.3 Å². The highest BCUT2D eigenvalue weighted by atomic mass is 19.4. The summed E-state index contributed by atoms with van der Waals surface area (Å²) < 4.78 is 65.0. The minimum Gasteiger partial charge on any atom is -0.350 e. The first-order valence-corrected chi connectivity index (χ1v) is 6.66. The van der Waals surface area contributed by atoms with Gasteiger partial charge in [0.2, 0.25) is 5.95 Å². The molecule has 0 amide bonds. The Kier molecular flexibility index (Phi) is 3.75. The Bertz CT molecular complexity index is 805. The zero-order chi connectivity index (χ0) is 17.5. The van der Waals surface area contributed by atoms with Crippen LogP contribution in [-0.4, -0.2) is 27.8 Å². The number of alkyl halides is 3. The lowest BCUT2D eigenvalue weighted by molar-refractivity contribution is -0.355. The van der Waals surface area contributed by atoms with Gasteiger partial charge in [-0.25, -0.2) is 9.37 Å². The summed E-state index contributed by atoms with van der Waals surface area (Å²) in [6, 6.07) is 5.96. The first-order chi connectivity index (χ1) is 11.2. The van der Waals surface area contributed by atoms with Crippen molar-refractivity contribution < 1.29 is 31.9 Å². The maximum atomic E-state index is 14.2. The Balaban J connectivity index is 1.87. The van der Waals surface area contributed by atoms with Crippen LogP contribution in [0.25, 0.3) is 11.1 Å². The van der Waals surface area contributed by atoms with Crippen LogP contribution in [-0.2, 0) is 4.84 Å². The van der Waals surface area contributed by atoms with E-state index in [-0.39, 0.29) is 16.8 Å². The number of aliphatic hydroxyl groups is 1. The lowest BCUT2D eigenvalue weighted by Crippen LogP contribution is -2.45. The van der Waals surface area contributed by atoms with Crippen LogP contribution in [0.15, 0.2) is 41.7 Å². The summed E-state index contributed by atoms with van der Waals surface area (Å²) in [5.41, 5.74) is 0.192. The summed E-state index contributed by atoms with van der Waals surface area (Å²) in [5, 5.41) is 12.6. The van der Waals surface area contributed by atoms with Gasteiger partial charge in [0.05, 0.1) is 12.1 Å². The normalized spacial score (nSPS) is 20.7. The van der Waals surface area contributed by atoms with Gasteiger partial charge in [0.15, 0.2) is 0 Å². The van der Waals surface area contributed by atoms with Crippen LogP contribution in [0.4, 0.5) is 22.0 Å². The number of rotatable bonds is 2. The smallest absolute Gasteiger partial charge is 0.350 e. The molecule has 0 spiro atoms. The van der Waals surface area contributed by atoms with E-state index >= 15 is 0 Å². The van der Waals surface area contributed by atoms with E-state index in [1.807, 2.05) is 0 Å². The predicted octanol–water partition coefficient (Wildman–Crippen LogP) is 3.40. The fraction of sp³-hybridized carbons (Fsp3) is 0.200. The number of nitrogens with zero attached hydrogens (tertiary/aromatic N) is 2. The highest BCUT2D eigenvalue weighted by Crippen LogP contribution is 2.39. The Labute approximate surface area is 132 Å². The van der Waals surface area contributed by atoms with Gasteiger partial charge in [-0.05, 0) is 18.2 Å². The van der Waals surface area contributed by atoms with Crippen molar-refractivity contribution in [1.29, 1.82) is 0 Å². The Morgan fingerprint density at radius 3 is 2.33 bits per heavy atom. The van der Waals surface area contributed by atoms with Crippen LogP contribution in [0.3, 0.4) is 0 Å². The zero-order valence-electron chi connectivity index (χ0n) is 11.8. The largest absolute Gasteiger partial charge is 0.458 e. The number of pyridine rings is 1. The molecule has 1 aromatic carbocycles. The summed E-state index contributed by atoms with van der Waals surface area (Å²) in [6.45, 7) is 0. The molecule has 0 bridgehead atoms. The molecule has 24 heavy (non-hydrogen) atoms. The molecule has 2 heterocycles. The number of hydrogen-bond donors (Lipinski definition) is 1. The second kappa shape index (κ2) is 5.52. The first kappa shape index (κ1) is 16.3. The standard InChI is InChI=1S/C15H9F5N2O2/c16-11-5-8(12-6-14(23,24-22-12)15(18,19)20)1-3-10(11)9-2-4-13(17)21-7-9/h1-5,7,23H,6H2. The molecule has 3 rings (SSSR count). The number of aromatic nitrogens is 1. The second-order valence-corrected chi connectivity index (χ2v) is 5.15. The van der Waals surface area contributed by atoms with Crippen molar-refractivity contribution in [2.75, 3.05) is 0 Å². The van der Waals surface area contributed by atoms with Gasteiger partial charge in [-0.1, -0.05) is 17.3 Å². The molecule has 126 valence electrons. The third-order valence-corrected chi connectivity index (χ3v) is 3.50. The van der Waals surface area contributed by atoms with Crippen LogP contribution >= 0.6 is 0 Å². The van der Waals surface area contributed by atoms with Crippen LogP contribution in [0.2, 0.25) is 0 Å². The van der Waals surface area contributed by atoms with Crippen LogP contribution < -0.4 is 0 Å². The summed E-state index contributed by atoms with van der Waals surface area (Å²) >= 11 is 0. The van der Waals surface area contributed by atoms with Gasteiger partial charge in [-0.2, -0.15) is 17.6 Å². The average molecular weight is 344 g/mol. The maximum absolute atomic E-state index is 14.2. The minimum atomic E-state index is -5.03. The Morgan fingerprint density at radius 2 is 1.79 bits per heavy atom. The van der Waals surface area contributed by atoms with Crippen molar-refractivity contribution in [2.24, 2.45) is 5.16 Å². The SMILES string of the molecule is OC1(C(F)(F)F)CC(c2ccc(-c3ccc(F)nc3)c(F)c2)=NO1. The van der Waals surface area contributed by atoms with Crippen molar-refractivity contribution in [2.45, 2.75) is 18.4 Å². The molecule has 0 radical (unpaired) electrons. The molecule has 1 N–H and O–H groups in total. The quantitative estimate of drug-likeness (QED) is 0.671. The van der Waals surface area contributed by atoms with Crippen molar-refractivity contribution in [1.82, 2.24) is 4.98 Å². The molecular formula is C15H9F5N2O2. The molecule has 0 fully saturated rings. The highest BCUT2D eigenvalue weighted by molar-refractivity contribution is 6.01. The third kappa shape index (κ3) is 2.82. The molecule has 1 aromatic heterocycles. The van der Waals surface area contributed by atoms with Gasteiger partial charge in [0, 0.05) is 22.9 Å². The molecule has 4 nitrogen and oxygen atoms in total. The van der Waals surface area contributed by atoms with E-state index in [1.165, 1.54) is 18.2 Å². The second-order valence-electron chi connectivity index (χ2n) is 5.15. The van der Waals surface area contributed by atoms with Gasteiger partial charge in [-0.15, -0.1) is 0 Å². The third-order valence-electron chi connectivity index (χ3n) is 3.50. The minimum absolute atomic E-state index is 0.0338. The molecule has 0 saturated carbocycles. The fourth-order valence-corrected chi connectivity index (χ4v) is 2.19. The number of oxime groups is 1. The van der Waals surface area contributed by atoms with Crippen molar-refractivity contribution in [3.63, 3.8) is 0 Å². The van der Waals surface area contributed by atoms with Gasteiger partial charge < -0.3 is 9.94 Å². The molecule has 1 atom stereocenters. The summed E-state index contributed by atoms with van der Waals surface area (Å²) in [6.07, 6.45) is -4.85. The van der Waals surface area contributed by atoms with E-state index < -0.39 is 30.1 Å². The monoisotopic (exact) mass is 344 g/mol. The van der Waals surface area contributed by atoms with Gasteiger partial charge in [0.1, 0.15) is 5.82 Å². The molecule has 1 unspecified atom stereocenters. The van der Waals surface area contributed by atoms with E-state index in [1.54, 1.807) is 0 Å². The van der Waals surface area contributed by atoms with Crippen LogP contribution in [0, 0.1) is 11.8 Å². The lowest BCUT2D eigenvalue weighted by Gasteiger charge is -2.22. The Morgan fingerprint density at radius 1 is 1.08 bits per heavy atom. The van der Waals surface area contributed by atoms with Gasteiger partial charge >= 0.3 is 12.0 Å². The molecule has 0 saturated heterocycles. The van der Waals surface area contributed by atoms with Crippen LogP contribution in [0.1, 0.15) is 12.0 Å². The molecule has 9 heteroatoms. The zero-order valence-corrected chi connectivity index (χ0v) is 11.8.